The molecular formula is C20H23F3N4O. The molecule has 0 aliphatic carbocycles. The van der Waals surface area contributed by atoms with Gasteiger partial charge in [0.05, 0.1) is 11.3 Å². The fourth-order valence-corrected chi connectivity index (χ4v) is 4.39. The summed E-state index contributed by atoms with van der Waals surface area (Å²) in [6.07, 6.45) is -2.35. The minimum absolute atomic E-state index is 0.277. The van der Waals surface area contributed by atoms with Gasteiger partial charge in [-0.1, -0.05) is 6.92 Å². The predicted octanol–water partition coefficient (Wildman–Crippen LogP) is 3.75. The maximum absolute atomic E-state index is 12.9. The number of hydrogen-bond donors (Lipinski definition) is 2. The van der Waals surface area contributed by atoms with Crippen LogP contribution in [0.4, 0.5) is 19.0 Å². The number of nitrogens with zero attached hydrogens (tertiary/aromatic N) is 3. The zero-order valence-corrected chi connectivity index (χ0v) is 15.8. The van der Waals surface area contributed by atoms with Crippen LogP contribution in [-0.4, -0.2) is 40.5 Å². The fraction of sp³-hybridized carbons (Fsp3) is 0.500. The number of halogens is 3. The van der Waals surface area contributed by atoms with E-state index in [1.54, 1.807) is 6.07 Å². The predicted molar refractivity (Wildman–Crippen MR) is 100 cm³/mol. The third-order valence-corrected chi connectivity index (χ3v) is 5.76. The van der Waals surface area contributed by atoms with E-state index in [0.29, 0.717) is 29.3 Å². The summed E-state index contributed by atoms with van der Waals surface area (Å²) in [5.74, 6) is 0.915. The van der Waals surface area contributed by atoms with Crippen molar-refractivity contribution in [2.45, 2.75) is 44.9 Å². The van der Waals surface area contributed by atoms with Gasteiger partial charge < -0.3 is 15.3 Å². The van der Waals surface area contributed by atoms with Gasteiger partial charge in [-0.2, -0.15) is 13.2 Å². The van der Waals surface area contributed by atoms with E-state index in [1.165, 1.54) is 6.92 Å². The molecule has 2 aliphatic rings. The number of nitrogens with one attached hydrogen (secondary N) is 1. The van der Waals surface area contributed by atoms with Crippen molar-refractivity contribution in [2.75, 3.05) is 18.0 Å². The van der Waals surface area contributed by atoms with Crippen LogP contribution in [0.2, 0.25) is 0 Å². The van der Waals surface area contributed by atoms with Crippen molar-refractivity contribution in [1.29, 1.82) is 0 Å². The van der Waals surface area contributed by atoms with Crippen LogP contribution in [-0.2, 0) is 6.18 Å². The number of rotatable bonds is 2. The molecule has 3 heterocycles. The summed E-state index contributed by atoms with van der Waals surface area (Å²) in [6, 6.07) is 6.14. The number of aryl methyl sites for hydroxylation is 1. The lowest BCUT2D eigenvalue weighted by atomic mass is 9.92. The van der Waals surface area contributed by atoms with Crippen LogP contribution in [0, 0.1) is 12.8 Å². The largest absolute Gasteiger partial charge is 0.507 e. The van der Waals surface area contributed by atoms with Crippen molar-refractivity contribution in [3.63, 3.8) is 0 Å². The number of piperidine rings is 1. The first-order valence-corrected chi connectivity index (χ1v) is 9.49. The smallest absolute Gasteiger partial charge is 0.416 e. The Hall–Kier alpha value is -2.35. The molecule has 8 heteroatoms. The molecule has 1 aromatic carbocycles. The lowest BCUT2D eigenvalue weighted by Gasteiger charge is -2.35. The van der Waals surface area contributed by atoms with Crippen LogP contribution in [0.15, 0.2) is 24.3 Å². The third-order valence-electron chi connectivity index (χ3n) is 5.76. The summed E-state index contributed by atoms with van der Waals surface area (Å²) >= 11 is 0. The Morgan fingerprint density at radius 3 is 2.64 bits per heavy atom. The highest BCUT2D eigenvalue weighted by molar-refractivity contribution is 5.71. The van der Waals surface area contributed by atoms with Gasteiger partial charge in [0.25, 0.3) is 0 Å². The van der Waals surface area contributed by atoms with Crippen molar-refractivity contribution in [3.05, 3.63) is 35.4 Å². The summed E-state index contributed by atoms with van der Waals surface area (Å²) in [5.41, 5.74) is 0.0661. The van der Waals surface area contributed by atoms with Crippen molar-refractivity contribution >= 4 is 5.82 Å². The van der Waals surface area contributed by atoms with Gasteiger partial charge >= 0.3 is 6.18 Å². The molecule has 28 heavy (non-hydrogen) atoms. The number of alkyl halides is 3. The maximum Gasteiger partial charge on any atom is 0.416 e. The summed E-state index contributed by atoms with van der Waals surface area (Å²) in [5, 5.41) is 22.3. The second-order valence-corrected chi connectivity index (χ2v) is 7.87. The average molecular weight is 392 g/mol. The van der Waals surface area contributed by atoms with Crippen LogP contribution >= 0.6 is 0 Å². The first-order chi connectivity index (χ1) is 13.2. The molecule has 0 saturated carbocycles. The summed E-state index contributed by atoms with van der Waals surface area (Å²) in [6.45, 7) is 5.68. The van der Waals surface area contributed by atoms with Gasteiger partial charge in [0.15, 0.2) is 5.82 Å². The number of aromatic hydroxyl groups is 1. The highest BCUT2D eigenvalue weighted by Gasteiger charge is 2.38. The van der Waals surface area contributed by atoms with Gasteiger partial charge in [-0.05, 0) is 62.1 Å². The molecular weight excluding hydrogens is 369 g/mol. The first kappa shape index (κ1) is 19.0. The molecule has 2 N–H and O–H groups in total. The van der Waals surface area contributed by atoms with Gasteiger partial charge in [0.1, 0.15) is 5.75 Å². The van der Waals surface area contributed by atoms with Gasteiger partial charge in [0, 0.05) is 24.2 Å². The molecule has 0 radical (unpaired) electrons. The second-order valence-electron chi connectivity index (χ2n) is 7.87. The second kappa shape index (κ2) is 6.92. The van der Waals surface area contributed by atoms with Gasteiger partial charge in [-0.25, -0.2) is 0 Å². The van der Waals surface area contributed by atoms with E-state index in [9.17, 15) is 18.3 Å². The van der Waals surface area contributed by atoms with Crippen LogP contribution in [0.25, 0.3) is 11.3 Å². The molecule has 2 aliphatic heterocycles. The molecule has 1 aromatic heterocycles. The number of phenols is 1. The van der Waals surface area contributed by atoms with Crippen molar-refractivity contribution in [1.82, 2.24) is 15.5 Å². The standard InChI is InChI=1S/C20H23F3N4O/c1-11-7-16-14(24-10-11)5-6-27(16)18-4-3-15(25-26-18)19-12(2)8-13(9-17(19)28)20(21,22)23/h3-4,8-9,11,14,16,24,28H,5-7,10H2,1-2H3. The summed E-state index contributed by atoms with van der Waals surface area (Å²) in [4.78, 5) is 2.25. The Bertz CT molecular complexity index is 846. The number of benzene rings is 1. The average Bonchev–Trinajstić information content (AvgIpc) is 3.04. The zero-order chi connectivity index (χ0) is 20.1. The van der Waals surface area contributed by atoms with Crippen molar-refractivity contribution in [3.8, 4) is 17.0 Å². The molecule has 2 aromatic rings. The van der Waals surface area contributed by atoms with Crippen molar-refractivity contribution in [2.24, 2.45) is 5.92 Å². The highest BCUT2D eigenvalue weighted by Crippen LogP contribution is 2.39. The molecule has 2 saturated heterocycles. The van der Waals surface area contributed by atoms with E-state index in [0.717, 1.165) is 43.9 Å². The first-order valence-electron chi connectivity index (χ1n) is 9.49. The Morgan fingerprint density at radius 2 is 2.00 bits per heavy atom. The zero-order valence-electron chi connectivity index (χ0n) is 15.8. The quantitative estimate of drug-likeness (QED) is 0.815. The summed E-state index contributed by atoms with van der Waals surface area (Å²) < 4.78 is 38.8. The molecule has 0 amide bonds. The number of aromatic nitrogens is 2. The minimum atomic E-state index is -4.51. The molecule has 4 rings (SSSR count). The maximum atomic E-state index is 12.9. The Balaban J connectivity index is 1.61. The molecule has 5 nitrogen and oxygen atoms in total. The lowest BCUT2D eigenvalue weighted by molar-refractivity contribution is -0.137. The van der Waals surface area contributed by atoms with Crippen LogP contribution in [0.5, 0.6) is 5.75 Å². The monoisotopic (exact) mass is 392 g/mol. The fourth-order valence-electron chi connectivity index (χ4n) is 4.39. The summed E-state index contributed by atoms with van der Waals surface area (Å²) in [7, 11) is 0. The van der Waals surface area contributed by atoms with E-state index >= 15 is 0 Å². The molecule has 3 unspecified atom stereocenters. The Morgan fingerprint density at radius 1 is 1.21 bits per heavy atom. The van der Waals surface area contributed by atoms with Gasteiger partial charge in [-0.15, -0.1) is 10.2 Å². The molecule has 3 atom stereocenters. The van der Waals surface area contributed by atoms with E-state index < -0.39 is 17.5 Å². The van der Waals surface area contributed by atoms with Gasteiger partial charge in [-0.3, -0.25) is 0 Å². The highest BCUT2D eigenvalue weighted by atomic mass is 19.4. The molecule has 2 fully saturated rings. The molecule has 0 bridgehead atoms. The van der Waals surface area contributed by atoms with E-state index in [-0.39, 0.29) is 5.56 Å². The Kier molecular flexibility index (Phi) is 4.69. The van der Waals surface area contributed by atoms with Crippen LogP contribution in [0.3, 0.4) is 0 Å². The van der Waals surface area contributed by atoms with E-state index in [1.807, 2.05) is 6.07 Å². The molecule has 150 valence electrons. The molecule has 0 spiro atoms. The van der Waals surface area contributed by atoms with Crippen LogP contribution < -0.4 is 10.2 Å². The third kappa shape index (κ3) is 3.41. The van der Waals surface area contributed by atoms with Crippen LogP contribution in [0.1, 0.15) is 30.9 Å². The number of hydrogen-bond acceptors (Lipinski definition) is 5. The van der Waals surface area contributed by atoms with Crippen molar-refractivity contribution < 1.29 is 18.3 Å². The van der Waals surface area contributed by atoms with E-state index in [4.69, 9.17) is 0 Å². The van der Waals surface area contributed by atoms with E-state index in [2.05, 4.69) is 27.3 Å². The Labute approximate surface area is 161 Å². The van der Waals surface area contributed by atoms with Gasteiger partial charge in [0.2, 0.25) is 0 Å². The SMILES string of the molecule is Cc1cc(C(F)(F)F)cc(O)c1-c1ccc(N2CCC3NCC(C)CC32)nn1. The normalized spacial score (nSPS) is 25.0. The number of phenolic OH excluding ortho intramolecular Hbond substituents is 1. The number of anilines is 1. The minimum Gasteiger partial charge on any atom is -0.507 e. The lowest BCUT2D eigenvalue weighted by Crippen LogP contribution is -2.50. The topological polar surface area (TPSA) is 61.3 Å². The number of fused-ring (bicyclic) bond motifs is 1.